The molecule has 0 unspecified atom stereocenters. The predicted octanol–water partition coefficient (Wildman–Crippen LogP) is 2.75. The number of halogens is 5. The molecule has 7 heteroatoms. The zero-order valence-corrected chi connectivity index (χ0v) is 8.28. The highest BCUT2D eigenvalue weighted by atomic mass is 127. The van der Waals surface area contributed by atoms with Crippen molar-refractivity contribution in [3.63, 3.8) is 0 Å². The molecule has 0 aliphatic carbocycles. The van der Waals surface area contributed by atoms with Crippen molar-refractivity contribution in [2.75, 3.05) is 0 Å². The first-order valence-electron chi connectivity index (χ1n) is 2.66. The number of hydrogen-bond acceptors (Lipinski definition) is 2. The molecular weight excluding hydrogens is 307 g/mol. The third kappa shape index (κ3) is 2.19. The molecule has 0 atom stereocenters. The first-order chi connectivity index (χ1) is 5.41. The van der Waals surface area contributed by atoms with Crippen LogP contribution in [0.3, 0.4) is 0 Å². The highest BCUT2D eigenvalue weighted by molar-refractivity contribution is 14.1. The van der Waals surface area contributed by atoms with E-state index in [2.05, 4.69) is 9.97 Å². The second-order valence-electron chi connectivity index (χ2n) is 1.84. The lowest BCUT2D eigenvalue weighted by Crippen LogP contribution is -2.08. The van der Waals surface area contributed by atoms with Gasteiger partial charge in [0, 0.05) is 28.8 Å². The van der Waals surface area contributed by atoms with Gasteiger partial charge in [-0.05, 0) is 0 Å². The molecule has 0 spiro atoms. The van der Waals surface area contributed by atoms with Gasteiger partial charge in [-0.25, -0.2) is 9.97 Å². The summed E-state index contributed by atoms with van der Waals surface area (Å²) in [5.41, 5.74) is -1.01. The summed E-state index contributed by atoms with van der Waals surface area (Å²) in [4.78, 5) is 6.74. The maximum Gasteiger partial charge on any atom is 0.420 e. The van der Waals surface area contributed by atoms with E-state index in [1.54, 1.807) is 22.6 Å². The summed E-state index contributed by atoms with van der Waals surface area (Å²) in [6.45, 7) is 0. The minimum Gasteiger partial charge on any atom is -0.231 e. The minimum atomic E-state index is -4.48. The van der Waals surface area contributed by atoms with Crippen LogP contribution in [0.4, 0.5) is 13.2 Å². The standard InChI is InChI=1S/C5HClF3IN2/c6-3-2(5(7,8)9)1-11-4(10)12-3/h1H. The Morgan fingerprint density at radius 1 is 1.42 bits per heavy atom. The molecule has 2 nitrogen and oxygen atoms in total. The Hall–Kier alpha value is -0.110. The van der Waals surface area contributed by atoms with E-state index in [1.165, 1.54) is 0 Å². The fraction of sp³-hybridized carbons (Fsp3) is 0.200. The maximum absolute atomic E-state index is 12.0. The van der Waals surface area contributed by atoms with E-state index in [0.29, 0.717) is 6.20 Å². The van der Waals surface area contributed by atoms with Gasteiger partial charge in [-0.15, -0.1) is 0 Å². The molecule has 66 valence electrons. The van der Waals surface area contributed by atoms with Crippen LogP contribution in [0.1, 0.15) is 5.56 Å². The molecule has 12 heavy (non-hydrogen) atoms. The van der Waals surface area contributed by atoms with Crippen molar-refractivity contribution in [3.05, 3.63) is 20.7 Å². The Morgan fingerprint density at radius 2 is 2.00 bits per heavy atom. The second-order valence-corrected chi connectivity index (χ2v) is 3.16. The van der Waals surface area contributed by atoms with Gasteiger partial charge < -0.3 is 0 Å². The third-order valence-corrected chi connectivity index (χ3v) is 1.83. The average molecular weight is 308 g/mol. The molecule has 0 amide bonds. The van der Waals surface area contributed by atoms with Crippen LogP contribution in [-0.4, -0.2) is 9.97 Å². The van der Waals surface area contributed by atoms with Crippen LogP contribution < -0.4 is 0 Å². The molecule has 0 aromatic carbocycles. The van der Waals surface area contributed by atoms with Crippen molar-refractivity contribution in [3.8, 4) is 0 Å². The monoisotopic (exact) mass is 308 g/mol. The molecule has 1 rings (SSSR count). The summed E-state index contributed by atoms with van der Waals surface area (Å²) in [5.74, 6) is 0. The Labute approximate surface area is 84.3 Å². The molecule has 0 aliphatic heterocycles. The molecule has 0 saturated heterocycles. The van der Waals surface area contributed by atoms with Gasteiger partial charge >= 0.3 is 6.18 Å². The quantitative estimate of drug-likeness (QED) is 0.418. The summed E-state index contributed by atoms with van der Waals surface area (Å²) < 4.78 is 36.2. The highest BCUT2D eigenvalue weighted by Gasteiger charge is 2.34. The van der Waals surface area contributed by atoms with Crippen LogP contribution in [-0.2, 0) is 6.18 Å². The molecule has 0 radical (unpaired) electrons. The van der Waals surface area contributed by atoms with Crippen LogP contribution in [0, 0.1) is 3.83 Å². The van der Waals surface area contributed by atoms with Crippen molar-refractivity contribution in [2.24, 2.45) is 0 Å². The Kier molecular flexibility index (Phi) is 2.77. The van der Waals surface area contributed by atoms with Crippen molar-refractivity contribution in [2.45, 2.75) is 6.18 Å². The van der Waals surface area contributed by atoms with Gasteiger partial charge in [0.15, 0.2) is 3.83 Å². The topological polar surface area (TPSA) is 25.8 Å². The fourth-order valence-electron chi connectivity index (χ4n) is 0.531. The van der Waals surface area contributed by atoms with Crippen molar-refractivity contribution < 1.29 is 13.2 Å². The summed E-state index contributed by atoms with van der Waals surface area (Å²) in [5, 5.41) is -0.568. The van der Waals surface area contributed by atoms with Crippen molar-refractivity contribution >= 4 is 34.2 Å². The fourth-order valence-corrected chi connectivity index (χ4v) is 1.29. The summed E-state index contributed by atoms with van der Waals surface area (Å²) in [7, 11) is 0. The van der Waals surface area contributed by atoms with E-state index in [0.717, 1.165) is 0 Å². The van der Waals surface area contributed by atoms with Crippen LogP contribution in [0.5, 0.6) is 0 Å². The van der Waals surface area contributed by atoms with E-state index in [4.69, 9.17) is 11.6 Å². The maximum atomic E-state index is 12.0. The van der Waals surface area contributed by atoms with E-state index >= 15 is 0 Å². The molecule has 1 aromatic rings. The Balaban J connectivity index is 3.19. The largest absolute Gasteiger partial charge is 0.420 e. The van der Waals surface area contributed by atoms with Gasteiger partial charge in [-0.3, -0.25) is 0 Å². The number of rotatable bonds is 0. The van der Waals surface area contributed by atoms with E-state index in [9.17, 15) is 13.2 Å². The minimum absolute atomic E-state index is 0.186. The first kappa shape index (κ1) is 9.97. The molecule has 0 fully saturated rings. The van der Waals surface area contributed by atoms with Crippen LogP contribution >= 0.6 is 34.2 Å². The molecule has 1 aromatic heterocycles. The third-order valence-electron chi connectivity index (χ3n) is 1.02. The van der Waals surface area contributed by atoms with Gasteiger partial charge in [0.25, 0.3) is 0 Å². The first-order valence-corrected chi connectivity index (χ1v) is 4.12. The molecule has 0 saturated carbocycles. The van der Waals surface area contributed by atoms with Crippen molar-refractivity contribution in [1.82, 2.24) is 9.97 Å². The van der Waals surface area contributed by atoms with Gasteiger partial charge in [-0.1, -0.05) is 11.6 Å². The molecule has 0 bridgehead atoms. The average Bonchev–Trinajstić information content (AvgIpc) is 1.83. The normalized spacial score (nSPS) is 11.8. The van der Waals surface area contributed by atoms with Gasteiger partial charge in [-0.2, -0.15) is 13.2 Å². The highest BCUT2D eigenvalue weighted by Crippen LogP contribution is 2.32. The van der Waals surface area contributed by atoms with Gasteiger partial charge in [0.05, 0.1) is 0 Å². The Morgan fingerprint density at radius 3 is 2.42 bits per heavy atom. The van der Waals surface area contributed by atoms with E-state index in [1.807, 2.05) is 0 Å². The summed E-state index contributed by atoms with van der Waals surface area (Å²) >= 11 is 6.91. The smallest absolute Gasteiger partial charge is 0.231 e. The molecule has 0 aliphatic rings. The predicted molar refractivity (Wildman–Crippen MR) is 44.8 cm³/mol. The molecule has 0 N–H and O–H groups in total. The van der Waals surface area contributed by atoms with Crippen LogP contribution in [0.15, 0.2) is 6.20 Å². The number of hydrogen-bond donors (Lipinski definition) is 0. The van der Waals surface area contributed by atoms with E-state index < -0.39 is 16.9 Å². The lowest BCUT2D eigenvalue weighted by Gasteiger charge is -2.06. The van der Waals surface area contributed by atoms with E-state index in [-0.39, 0.29) is 3.83 Å². The zero-order valence-electron chi connectivity index (χ0n) is 5.36. The van der Waals surface area contributed by atoms with Crippen molar-refractivity contribution in [1.29, 1.82) is 0 Å². The number of aromatic nitrogens is 2. The van der Waals surface area contributed by atoms with Crippen LogP contribution in [0.25, 0.3) is 0 Å². The lowest BCUT2D eigenvalue weighted by atomic mass is 10.3. The zero-order chi connectivity index (χ0) is 9.35. The van der Waals surface area contributed by atoms with Gasteiger partial charge in [0.1, 0.15) is 10.7 Å². The summed E-state index contributed by atoms with van der Waals surface area (Å²) in [6.07, 6.45) is -3.82. The SMILES string of the molecule is FC(F)(F)c1cnc(I)nc1Cl. The lowest BCUT2D eigenvalue weighted by molar-refractivity contribution is -0.138. The number of nitrogens with zero attached hydrogens (tertiary/aromatic N) is 2. The summed E-state index contributed by atoms with van der Waals surface area (Å²) in [6, 6.07) is 0. The van der Waals surface area contributed by atoms with Crippen LogP contribution in [0.2, 0.25) is 5.15 Å². The second kappa shape index (κ2) is 3.33. The Bertz CT molecular complexity index is 301. The molecular formula is C5HClF3IN2. The number of alkyl halides is 3. The van der Waals surface area contributed by atoms with Gasteiger partial charge in [0.2, 0.25) is 0 Å². The molecule has 1 heterocycles.